The molecule has 3 aromatic heterocycles. The van der Waals surface area contributed by atoms with Crippen LogP contribution in [0, 0.1) is 0 Å². The lowest BCUT2D eigenvalue weighted by Gasteiger charge is -2.33. The van der Waals surface area contributed by atoms with E-state index < -0.39 is 5.91 Å². The number of primary amides is 1. The van der Waals surface area contributed by atoms with Crippen molar-refractivity contribution in [3.05, 3.63) is 95.2 Å². The van der Waals surface area contributed by atoms with Gasteiger partial charge in [0, 0.05) is 49.1 Å². The number of fused-ring (bicyclic) bond motifs is 1. The molecule has 0 aliphatic carbocycles. The number of likely N-dealkylation sites (tertiary alicyclic amines) is 1. The van der Waals surface area contributed by atoms with E-state index in [1.165, 1.54) is 6.20 Å². The van der Waals surface area contributed by atoms with E-state index in [9.17, 15) is 9.59 Å². The highest BCUT2D eigenvalue weighted by molar-refractivity contribution is 5.98. The minimum atomic E-state index is -0.556. The summed E-state index contributed by atoms with van der Waals surface area (Å²) in [6.45, 7) is 1.27. The summed E-state index contributed by atoms with van der Waals surface area (Å²) in [4.78, 5) is 35.6. The monoisotopic (exact) mass is 440 g/mol. The van der Waals surface area contributed by atoms with Gasteiger partial charge in [0.05, 0.1) is 11.9 Å². The molecule has 0 radical (unpaired) electrons. The summed E-state index contributed by atoms with van der Waals surface area (Å²) < 4.78 is 1.67. The van der Waals surface area contributed by atoms with Crippen molar-refractivity contribution >= 4 is 17.5 Å². The number of carbonyl (C=O) groups excluding carboxylic acids is 2. The normalized spacial score (nSPS) is 16.1. The van der Waals surface area contributed by atoms with Crippen LogP contribution in [0.25, 0.3) is 5.65 Å². The average Bonchev–Trinajstić information content (AvgIpc) is 3.29. The number of nitrogens with zero attached hydrogens (tertiary/aromatic N) is 5. The molecule has 0 bridgehead atoms. The van der Waals surface area contributed by atoms with E-state index in [0.29, 0.717) is 36.3 Å². The molecule has 2 amide bonds. The summed E-state index contributed by atoms with van der Waals surface area (Å²) in [5.74, 6) is -0.474. The smallest absolute Gasteiger partial charge is 0.254 e. The number of hydrogen-bond acceptors (Lipinski definition) is 5. The summed E-state index contributed by atoms with van der Waals surface area (Å²) in [6, 6.07) is 15.7. The van der Waals surface area contributed by atoms with Crippen molar-refractivity contribution in [2.75, 3.05) is 13.1 Å². The van der Waals surface area contributed by atoms with Gasteiger partial charge in [0.1, 0.15) is 5.56 Å². The summed E-state index contributed by atoms with van der Waals surface area (Å²) in [6.07, 6.45) is 7.30. The Bertz CT molecular complexity index is 1320. The molecular formula is C25H24N6O2. The molecule has 0 spiro atoms. The van der Waals surface area contributed by atoms with Gasteiger partial charge in [-0.05, 0) is 36.6 Å². The highest BCUT2D eigenvalue weighted by Gasteiger charge is 2.28. The molecule has 1 saturated heterocycles. The second-order valence-electron chi connectivity index (χ2n) is 8.32. The van der Waals surface area contributed by atoms with E-state index in [-0.39, 0.29) is 11.8 Å². The molecule has 0 saturated carbocycles. The zero-order valence-electron chi connectivity index (χ0n) is 18.1. The molecule has 5 rings (SSSR count). The fourth-order valence-electron chi connectivity index (χ4n) is 4.49. The Balaban J connectivity index is 1.36. The van der Waals surface area contributed by atoms with Gasteiger partial charge in [0.25, 0.3) is 11.8 Å². The van der Waals surface area contributed by atoms with Gasteiger partial charge in [-0.1, -0.05) is 30.3 Å². The van der Waals surface area contributed by atoms with Gasteiger partial charge in [-0.25, -0.2) is 9.50 Å². The predicted octanol–water partition coefficient (Wildman–Crippen LogP) is 2.83. The van der Waals surface area contributed by atoms with Crippen LogP contribution in [0.4, 0.5) is 0 Å². The number of hydrogen-bond donors (Lipinski definition) is 1. The number of piperidine rings is 1. The summed E-state index contributed by atoms with van der Waals surface area (Å²) >= 11 is 0. The summed E-state index contributed by atoms with van der Waals surface area (Å²) in [5, 5.41) is 4.34. The van der Waals surface area contributed by atoms with E-state index in [1.54, 1.807) is 23.0 Å². The maximum atomic E-state index is 13.3. The zero-order valence-corrected chi connectivity index (χ0v) is 18.1. The van der Waals surface area contributed by atoms with E-state index in [1.807, 2.05) is 35.2 Å². The van der Waals surface area contributed by atoms with Gasteiger partial charge < -0.3 is 10.6 Å². The third-order valence-corrected chi connectivity index (χ3v) is 6.11. The van der Waals surface area contributed by atoms with Crippen LogP contribution in [-0.4, -0.2) is 49.4 Å². The molecule has 4 aromatic rings. The lowest BCUT2D eigenvalue weighted by Crippen LogP contribution is -2.39. The minimum absolute atomic E-state index is 0.00000184. The third kappa shape index (κ3) is 4.19. The molecule has 166 valence electrons. The van der Waals surface area contributed by atoms with Crippen LogP contribution in [0.15, 0.2) is 67.1 Å². The van der Waals surface area contributed by atoms with Gasteiger partial charge in [-0.2, -0.15) is 5.10 Å². The van der Waals surface area contributed by atoms with Crippen LogP contribution in [0.3, 0.4) is 0 Å². The maximum Gasteiger partial charge on any atom is 0.254 e. The van der Waals surface area contributed by atoms with Crippen molar-refractivity contribution in [1.29, 1.82) is 0 Å². The van der Waals surface area contributed by atoms with Crippen LogP contribution < -0.4 is 5.73 Å². The van der Waals surface area contributed by atoms with E-state index in [4.69, 9.17) is 5.73 Å². The number of nitrogens with two attached hydrogens (primary N) is 1. The largest absolute Gasteiger partial charge is 0.365 e. The molecule has 2 N–H and O–H groups in total. The number of carbonyl (C=O) groups is 2. The first-order valence-corrected chi connectivity index (χ1v) is 11.0. The highest BCUT2D eigenvalue weighted by Crippen LogP contribution is 2.28. The third-order valence-electron chi connectivity index (χ3n) is 6.11. The Hall–Kier alpha value is -4.07. The molecule has 8 heteroatoms. The molecule has 1 fully saturated rings. The van der Waals surface area contributed by atoms with Gasteiger partial charge >= 0.3 is 0 Å². The molecule has 8 nitrogen and oxygen atoms in total. The molecule has 1 aromatic carbocycles. The minimum Gasteiger partial charge on any atom is -0.365 e. The fourth-order valence-corrected chi connectivity index (χ4v) is 4.49. The Labute approximate surface area is 191 Å². The van der Waals surface area contributed by atoms with Crippen molar-refractivity contribution in [2.24, 2.45) is 5.73 Å². The van der Waals surface area contributed by atoms with Crippen molar-refractivity contribution in [3.63, 3.8) is 0 Å². The lowest BCUT2D eigenvalue weighted by molar-refractivity contribution is 0.0704. The molecule has 1 aliphatic heterocycles. The molecule has 1 unspecified atom stereocenters. The number of aromatic nitrogens is 4. The summed E-state index contributed by atoms with van der Waals surface area (Å²) in [7, 11) is 0. The second kappa shape index (κ2) is 8.82. The van der Waals surface area contributed by atoms with Crippen molar-refractivity contribution in [2.45, 2.75) is 25.2 Å². The van der Waals surface area contributed by atoms with Crippen LogP contribution in [0.2, 0.25) is 0 Å². The Morgan fingerprint density at radius 3 is 2.70 bits per heavy atom. The predicted molar refractivity (Wildman–Crippen MR) is 123 cm³/mol. The molecule has 1 aliphatic rings. The Kier molecular flexibility index (Phi) is 5.56. The van der Waals surface area contributed by atoms with Crippen LogP contribution in [-0.2, 0) is 6.42 Å². The number of rotatable bonds is 5. The standard InChI is InChI=1S/C25H24N6O2/c26-23(32)21-15-29-31-22(9-11-28-24(21)31)19-7-4-12-30(16-19)25(33)18-8-10-27-20(14-18)13-17-5-2-1-3-6-17/h1-3,5-6,8-11,14-15,19H,4,7,12-13,16H2,(H2,26,32). The molecule has 1 atom stereocenters. The van der Waals surface area contributed by atoms with Crippen molar-refractivity contribution < 1.29 is 9.59 Å². The first-order chi connectivity index (χ1) is 16.1. The molecule has 4 heterocycles. The SMILES string of the molecule is NC(=O)c1cnn2c(C3CCCN(C(=O)c4ccnc(Cc5ccccc5)c4)C3)ccnc12. The van der Waals surface area contributed by atoms with Crippen LogP contribution in [0.5, 0.6) is 0 Å². The highest BCUT2D eigenvalue weighted by atomic mass is 16.2. The summed E-state index contributed by atoms with van der Waals surface area (Å²) in [5.41, 5.74) is 9.78. The lowest BCUT2D eigenvalue weighted by atomic mass is 9.94. The first-order valence-electron chi connectivity index (χ1n) is 11.0. The number of amides is 2. The number of pyridine rings is 1. The van der Waals surface area contributed by atoms with Gasteiger partial charge in [0.15, 0.2) is 5.65 Å². The first kappa shape index (κ1) is 20.8. The quantitative estimate of drug-likeness (QED) is 0.514. The van der Waals surface area contributed by atoms with Crippen molar-refractivity contribution in [3.8, 4) is 0 Å². The van der Waals surface area contributed by atoms with Crippen LogP contribution in [0.1, 0.15) is 56.4 Å². The molecular weight excluding hydrogens is 416 g/mol. The average molecular weight is 441 g/mol. The van der Waals surface area contributed by atoms with E-state index in [0.717, 1.165) is 29.8 Å². The van der Waals surface area contributed by atoms with Crippen LogP contribution >= 0.6 is 0 Å². The zero-order chi connectivity index (χ0) is 22.8. The Morgan fingerprint density at radius 2 is 1.88 bits per heavy atom. The van der Waals surface area contributed by atoms with E-state index in [2.05, 4.69) is 27.2 Å². The van der Waals surface area contributed by atoms with E-state index >= 15 is 0 Å². The second-order valence-corrected chi connectivity index (χ2v) is 8.32. The fraction of sp³-hybridized carbons (Fsp3) is 0.240. The van der Waals surface area contributed by atoms with Gasteiger partial charge in [-0.3, -0.25) is 14.6 Å². The van der Waals surface area contributed by atoms with Crippen molar-refractivity contribution in [1.82, 2.24) is 24.5 Å². The molecule has 33 heavy (non-hydrogen) atoms. The maximum absolute atomic E-state index is 13.3. The Morgan fingerprint density at radius 1 is 1.06 bits per heavy atom. The number of benzene rings is 1. The van der Waals surface area contributed by atoms with Gasteiger partial charge in [-0.15, -0.1) is 0 Å². The van der Waals surface area contributed by atoms with Gasteiger partial charge in [0.2, 0.25) is 0 Å². The topological polar surface area (TPSA) is 106 Å².